The average Bonchev–Trinajstić information content (AvgIpc) is 2.79. The van der Waals surface area contributed by atoms with Gasteiger partial charge in [0.05, 0.1) is 21.8 Å². The summed E-state index contributed by atoms with van der Waals surface area (Å²) < 4.78 is 6.21. The molecule has 0 saturated carbocycles. The zero-order valence-corrected chi connectivity index (χ0v) is 18.4. The highest BCUT2D eigenvalue weighted by Gasteiger charge is 2.17. The molecule has 0 bridgehead atoms. The Morgan fingerprint density at radius 1 is 1.03 bits per heavy atom. The van der Waals surface area contributed by atoms with Gasteiger partial charge in [0, 0.05) is 21.6 Å². The molecule has 2 aromatic carbocycles. The van der Waals surface area contributed by atoms with Crippen LogP contribution in [-0.2, 0) is 9.53 Å². The lowest BCUT2D eigenvalue weighted by atomic mass is 10.0. The van der Waals surface area contributed by atoms with E-state index in [4.69, 9.17) is 16.3 Å². The maximum Gasteiger partial charge on any atom is 0.339 e. The third-order valence-electron chi connectivity index (χ3n) is 4.41. The van der Waals surface area contributed by atoms with Crippen LogP contribution >= 0.6 is 27.5 Å². The Hall–Kier alpha value is -3.29. The fraction of sp³-hybridized carbons (Fsp3) is 0.0435. The quantitative estimate of drug-likeness (QED) is 0.369. The highest BCUT2D eigenvalue weighted by atomic mass is 79.9. The molecular formula is C23H15BrClN3O3. The minimum absolute atomic E-state index is 0.317. The van der Waals surface area contributed by atoms with Crippen molar-refractivity contribution in [2.45, 2.75) is 0 Å². The molecule has 8 heteroatoms. The van der Waals surface area contributed by atoms with E-state index in [9.17, 15) is 9.59 Å². The maximum atomic E-state index is 12.8. The zero-order chi connectivity index (χ0) is 21.8. The summed E-state index contributed by atoms with van der Waals surface area (Å²) in [6.07, 6.45) is 1.41. The van der Waals surface area contributed by atoms with Crippen molar-refractivity contribution >= 4 is 56.1 Å². The molecule has 0 aliphatic heterocycles. The number of aromatic nitrogens is 2. The number of para-hydroxylation sites is 1. The van der Waals surface area contributed by atoms with Crippen LogP contribution in [0.1, 0.15) is 10.4 Å². The van der Waals surface area contributed by atoms with Gasteiger partial charge in [-0.3, -0.25) is 4.79 Å². The van der Waals surface area contributed by atoms with Gasteiger partial charge in [-0.2, -0.15) is 0 Å². The van der Waals surface area contributed by atoms with Crippen molar-refractivity contribution in [3.8, 4) is 11.3 Å². The lowest BCUT2D eigenvalue weighted by molar-refractivity contribution is -0.119. The van der Waals surface area contributed by atoms with Gasteiger partial charge in [0.2, 0.25) is 0 Å². The van der Waals surface area contributed by atoms with E-state index in [0.717, 1.165) is 10.0 Å². The molecule has 1 N–H and O–H groups in total. The van der Waals surface area contributed by atoms with Crippen LogP contribution in [0.25, 0.3) is 22.2 Å². The fourth-order valence-electron chi connectivity index (χ4n) is 2.95. The minimum Gasteiger partial charge on any atom is -0.452 e. The molecule has 2 heterocycles. The van der Waals surface area contributed by atoms with Crippen LogP contribution in [0.5, 0.6) is 0 Å². The molecule has 4 aromatic rings. The first kappa shape index (κ1) is 21.0. The van der Waals surface area contributed by atoms with E-state index in [1.807, 2.05) is 42.5 Å². The van der Waals surface area contributed by atoms with Gasteiger partial charge >= 0.3 is 5.97 Å². The van der Waals surface area contributed by atoms with Crippen LogP contribution in [-0.4, -0.2) is 28.5 Å². The maximum absolute atomic E-state index is 12.8. The molecule has 2 aromatic heterocycles. The number of anilines is 1. The summed E-state index contributed by atoms with van der Waals surface area (Å²) in [7, 11) is 0. The smallest absolute Gasteiger partial charge is 0.339 e. The van der Waals surface area contributed by atoms with Crippen LogP contribution < -0.4 is 5.32 Å². The first-order valence-corrected chi connectivity index (χ1v) is 10.4. The van der Waals surface area contributed by atoms with Crippen molar-refractivity contribution in [1.29, 1.82) is 0 Å². The summed E-state index contributed by atoms with van der Waals surface area (Å²) in [6.45, 7) is -0.451. The molecule has 31 heavy (non-hydrogen) atoms. The number of nitrogens with one attached hydrogen (secondary N) is 1. The molecule has 6 nitrogen and oxygen atoms in total. The van der Waals surface area contributed by atoms with E-state index >= 15 is 0 Å². The van der Waals surface area contributed by atoms with Crippen LogP contribution in [0.3, 0.4) is 0 Å². The first-order chi connectivity index (χ1) is 15.0. The SMILES string of the molecule is O=C(COC(=O)c1cc(-c2ccc(Br)cc2)nc2ccccc12)Nc1ccc(Cl)cn1. The summed E-state index contributed by atoms with van der Waals surface area (Å²) in [5.74, 6) is -0.803. The molecule has 154 valence electrons. The summed E-state index contributed by atoms with van der Waals surface area (Å²) >= 11 is 9.19. The number of pyridine rings is 2. The third kappa shape index (κ3) is 5.07. The Morgan fingerprint density at radius 2 is 1.81 bits per heavy atom. The summed E-state index contributed by atoms with van der Waals surface area (Å²) in [4.78, 5) is 33.6. The van der Waals surface area contributed by atoms with Gasteiger partial charge in [0.15, 0.2) is 6.61 Å². The second-order valence-electron chi connectivity index (χ2n) is 6.57. The minimum atomic E-state index is -0.615. The highest BCUT2D eigenvalue weighted by molar-refractivity contribution is 9.10. The van der Waals surface area contributed by atoms with Crippen LogP contribution in [0.4, 0.5) is 5.82 Å². The Bertz CT molecular complexity index is 1260. The van der Waals surface area contributed by atoms with E-state index in [2.05, 4.69) is 31.2 Å². The van der Waals surface area contributed by atoms with Crippen LogP contribution in [0.15, 0.2) is 77.4 Å². The molecule has 0 fully saturated rings. The molecule has 0 aliphatic rings. The lowest BCUT2D eigenvalue weighted by Gasteiger charge is -2.10. The molecule has 4 rings (SSSR count). The van der Waals surface area contributed by atoms with E-state index < -0.39 is 18.5 Å². The first-order valence-electron chi connectivity index (χ1n) is 9.24. The van der Waals surface area contributed by atoms with Gasteiger partial charge in [-0.1, -0.05) is 57.9 Å². The normalized spacial score (nSPS) is 10.6. The monoisotopic (exact) mass is 495 g/mol. The number of ether oxygens (including phenoxy) is 1. The van der Waals surface area contributed by atoms with Crippen molar-refractivity contribution in [3.05, 3.63) is 88.0 Å². The Balaban J connectivity index is 1.55. The summed E-state index contributed by atoms with van der Waals surface area (Å²) in [5, 5.41) is 3.65. The molecule has 0 spiro atoms. The fourth-order valence-corrected chi connectivity index (χ4v) is 3.33. The Morgan fingerprint density at radius 3 is 2.55 bits per heavy atom. The van der Waals surface area contributed by atoms with Crippen molar-refractivity contribution in [3.63, 3.8) is 0 Å². The number of amides is 1. The molecule has 0 aliphatic carbocycles. The van der Waals surface area contributed by atoms with E-state index in [0.29, 0.717) is 33.0 Å². The number of halogens is 2. The van der Waals surface area contributed by atoms with Gasteiger partial charge < -0.3 is 10.1 Å². The number of hydrogen-bond acceptors (Lipinski definition) is 5. The predicted molar refractivity (Wildman–Crippen MR) is 123 cm³/mol. The molecule has 0 saturated heterocycles. The number of carbonyl (C=O) groups is 2. The number of hydrogen-bond donors (Lipinski definition) is 1. The zero-order valence-electron chi connectivity index (χ0n) is 16.0. The second kappa shape index (κ2) is 9.24. The largest absolute Gasteiger partial charge is 0.452 e. The van der Waals surface area contributed by atoms with Crippen molar-refractivity contribution < 1.29 is 14.3 Å². The number of nitrogens with zero attached hydrogens (tertiary/aromatic N) is 2. The third-order valence-corrected chi connectivity index (χ3v) is 5.16. The van der Waals surface area contributed by atoms with Crippen LogP contribution in [0, 0.1) is 0 Å². The number of esters is 1. The highest BCUT2D eigenvalue weighted by Crippen LogP contribution is 2.26. The molecule has 0 radical (unpaired) electrons. The van der Waals surface area contributed by atoms with Gasteiger partial charge in [-0.15, -0.1) is 0 Å². The summed E-state index contributed by atoms with van der Waals surface area (Å²) in [6, 6.07) is 19.7. The second-order valence-corrected chi connectivity index (χ2v) is 7.92. The number of fused-ring (bicyclic) bond motifs is 1. The average molecular weight is 497 g/mol. The molecule has 1 amide bonds. The van der Waals surface area contributed by atoms with Gasteiger partial charge in [0.25, 0.3) is 5.91 Å². The predicted octanol–water partition coefficient (Wildman–Crippen LogP) is 5.51. The standard InChI is InChI=1S/C23H15BrClN3O3/c24-15-7-5-14(6-8-15)20-11-18(17-3-1-2-4-19(17)27-20)23(30)31-13-22(29)28-21-10-9-16(25)12-26-21/h1-12H,13H2,(H,26,28,29). The van der Waals surface area contributed by atoms with Crippen molar-refractivity contribution in [1.82, 2.24) is 9.97 Å². The molecule has 0 atom stereocenters. The number of carbonyl (C=O) groups excluding carboxylic acids is 2. The summed E-state index contributed by atoms with van der Waals surface area (Å²) in [5.41, 5.74) is 2.48. The van der Waals surface area contributed by atoms with E-state index in [1.54, 1.807) is 24.3 Å². The van der Waals surface area contributed by atoms with Gasteiger partial charge in [-0.25, -0.2) is 14.8 Å². The van der Waals surface area contributed by atoms with E-state index in [-0.39, 0.29) is 0 Å². The van der Waals surface area contributed by atoms with Crippen molar-refractivity contribution in [2.24, 2.45) is 0 Å². The molecular weight excluding hydrogens is 482 g/mol. The van der Waals surface area contributed by atoms with Crippen LogP contribution in [0.2, 0.25) is 5.02 Å². The lowest BCUT2D eigenvalue weighted by Crippen LogP contribution is -2.21. The van der Waals surface area contributed by atoms with Crippen molar-refractivity contribution in [2.75, 3.05) is 11.9 Å². The Labute approximate surface area is 191 Å². The van der Waals surface area contributed by atoms with Gasteiger partial charge in [0.1, 0.15) is 5.82 Å². The topological polar surface area (TPSA) is 81.2 Å². The van der Waals surface area contributed by atoms with E-state index in [1.165, 1.54) is 6.20 Å². The number of rotatable bonds is 5. The van der Waals surface area contributed by atoms with Gasteiger partial charge in [-0.05, 0) is 36.4 Å². The molecule has 0 unspecified atom stereocenters. The number of benzene rings is 2. The Kier molecular flexibility index (Phi) is 6.25.